The van der Waals surface area contributed by atoms with Gasteiger partial charge in [-0.3, -0.25) is 9.69 Å². The Hall–Kier alpha value is -2.37. The minimum atomic E-state index is -0.490. The number of ether oxygens (including phenoxy) is 1. The molecule has 6 heteroatoms. The van der Waals surface area contributed by atoms with E-state index in [1.54, 1.807) is 44.2 Å². The highest BCUT2D eigenvalue weighted by atomic mass is 35.5. The number of benzene rings is 1. The molecule has 1 aromatic carbocycles. The van der Waals surface area contributed by atoms with Crippen molar-refractivity contribution >= 4 is 46.6 Å². The molecule has 1 amide bonds. The zero-order chi connectivity index (χ0) is 18.8. The molecule has 0 unspecified atom stereocenters. The standard InChI is InChI=1S/C20H18ClNO3S/c1-4-25-20(24)18-13(3)22(15-7-5-14(21)6-8-15)19(23)16(18)11-17-12(2)9-10-26-17/h5-11H,4H2,1-3H3/b16-11-. The summed E-state index contributed by atoms with van der Waals surface area (Å²) in [5.74, 6) is -0.740. The molecule has 0 N–H and O–H groups in total. The van der Waals surface area contributed by atoms with Crippen LogP contribution in [0.5, 0.6) is 0 Å². The number of esters is 1. The van der Waals surface area contributed by atoms with Crippen LogP contribution in [0.3, 0.4) is 0 Å². The number of thiophene rings is 1. The number of nitrogens with zero attached hydrogens (tertiary/aromatic N) is 1. The molecule has 3 rings (SSSR count). The van der Waals surface area contributed by atoms with Gasteiger partial charge in [0.2, 0.25) is 0 Å². The molecule has 2 aromatic rings. The number of hydrogen-bond acceptors (Lipinski definition) is 4. The van der Waals surface area contributed by atoms with E-state index in [-0.39, 0.29) is 12.5 Å². The van der Waals surface area contributed by atoms with Gasteiger partial charge in [-0.2, -0.15) is 0 Å². The number of anilines is 1. The van der Waals surface area contributed by atoms with Gasteiger partial charge >= 0.3 is 5.97 Å². The number of halogens is 1. The summed E-state index contributed by atoms with van der Waals surface area (Å²) in [6, 6.07) is 8.92. The van der Waals surface area contributed by atoms with Crippen molar-refractivity contribution in [3.63, 3.8) is 0 Å². The lowest BCUT2D eigenvalue weighted by Crippen LogP contribution is -2.24. The van der Waals surface area contributed by atoms with Gasteiger partial charge in [0.15, 0.2) is 0 Å². The normalized spacial score (nSPS) is 15.9. The van der Waals surface area contributed by atoms with Gasteiger partial charge in [-0.05, 0) is 68.1 Å². The average Bonchev–Trinajstić information content (AvgIpc) is 3.11. The van der Waals surface area contributed by atoms with Crippen LogP contribution in [0.1, 0.15) is 24.3 Å². The topological polar surface area (TPSA) is 46.6 Å². The van der Waals surface area contributed by atoms with Crippen LogP contribution >= 0.6 is 22.9 Å². The molecule has 134 valence electrons. The van der Waals surface area contributed by atoms with Crippen molar-refractivity contribution in [3.05, 3.63) is 68.0 Å². The molecule has 0 fully saturated rings. The summed E-state index contributed by atoms with van der Waals surface area (Å²) in [5.41, 5.74) is 2.92. The van der Waals surface area contributed by atoms with Crippen LogP contribution in [0.15, 0.2) is 52.6 Å². The molecule has 0 saturated carbocycles. The Morgan fingerprint density at radius 1 is 1.23 bits per heavy atom. The van der Waals surface area contributed by atoms with E-state index >= 15 is 0 Å². The summed E-state index contributed by atoms with van der Waals surface area (Å²) in [7, 11) is 0. The lowest BCUT2D eigenvalue weighted by molar-refractivity contribution is -0.138. The van der Waals surface area contributed by atoms with Crippen LogP contribution in [-0.4, -0.2) is 18.5 Å². The Morgan fingerprint density at radius 2 is 1.92 bits per heavy atom. The van der Waals surface area contributed by atoms with E-state index in [2.05, 4.69) is 0 Å². The van der Waals surface area contributed by atoms with E-state index in [9.17, 15) is 9.59 Å². The molecule has 0 radical (unpaired) electrons. The molecule has 0 saturated heterocycles. The Morgan fingerprint density at radius 3 is 2.50 bits per heavy atom. The number of amides is 1. The van der Waals surface area contributed by atoms with Gasteiger partial charge in [0, 0.05) is 21.3 Å². The second-order valence-electron chi connectivity index (χ2n) is 5.82. The Labute approximate surface area is 161 Å². The van der Waals surface area contributed by atoms with Crippen molar-refractivity contribution in [1.29, 1.82) is 0 Å². The van der Waals surface area contributed by atoms with Gasteiger partial charge in [0.05, 0.1) is 17.8 Å². The molecule has 1 aliphatic heterocycles. The Bertz CT molecular complexity index is 925. The first kappa shape index (κ1) is 18.4. The molecule has 0 spiro atoms. The predicted molar refractivity (Wildman–Crippen MR) is 105 cm³/mol. The lowest BCUT2D eigenvalue weighted by Gasteiger charge is -2.17. The van der Waals surface area contributed by atoms with Gasteiger partial charge in [0.1, 0.15) is 0 Å². The number of allylic oxidation sites excluding steroid dienone is 1. The van der Waals surface area contributed by atoms with Crippen LogP contribution in [0.25, 0.3) is 6.08 Å². The van der Waals surface area contributed by atoms with E-state index < -0.39 is 5.97 Å². The van der Waals surface area contributed by atoms with Crippen molar-refractivity contribution in [2.24, 2.45) is 0 Å². The van der Waals surface area contributed by atoms with Crippen molar-refractivity contribution in [3.8, 4) is 0 Å². The molecular formula is C20H18ClNO3S. The van der Waals surface area contributed by atoms with Crippen molar-refractivity contribution in [2.75, 3.05) is 11.5 Å². The summed E-state index contributed by atoms with van der Waals surface area (Å²) < 4.78 is 5.19. The van der Waals surface area contributed by atoms with Gasteiger partial charge < -0.3 is 4.74 Å². The lowest BCUT2D eigenvalue weighted by atomic mass is 10.1. The number of carbonyl (C=O) groups excluding carboxylic acids is 2. The largest absolute Gasteiger partial charge is 0.462 e. The molecule has 26 heavy (non-hydrogen) atoms. The Balaban J connectivity index is 2.13. The van der Waals surface area contributed by atoms with Gasteiger partial charge in [0.25, 0.3) is 5.91 Å². The molecular weight excluding hydrogens is 370 g/mol. The summed E-state index contributed by atoms with van der Waals surface area (Å²) in [6.45, 7) is 5.71. The quantitative estimate of drug-likeness (QED) is 0.549. The fourth-order valence-corrected chi connectivity index (χ4v) is 3.83. The number of carbonyl (C=O) groups is 2. The first-order chi connectivity index (χ1) is 12.4. The van der Waals surface area contributed by atoms with Crippen molar-refractivity contribution < 1.29 is 14.3 Å². The summed E-state index contributed by atoms with van der Waals surface area (Å²) >= 11 is 7.48. The molecule has 2 heterocycles. The van der Waals surface area contributed by atoms with E-state index in [4.69, 9.17) is 16.3 Å². The molecule has 1 aliphatic rings. The molecule has 0 aliphatic carbocycles. The minimum absolute atomic E-state index is 0.246. The summed E-state index contributed by atoms with van der Waals surface area (Å²) in [5, 5.41) is 2.54. The number of aryl methyl sites for hydroxylation is 1. The van der Waals surface area contributed by atoms with E-state index in [0.717, 1.165) is 10.4 Å². The summed E-state index contributed by atoms with van der Waals surface area (Å²) in [4.78, 5) is 28.1. The molecule has 4 nitrogen and oxygen atoms in total. The fraction of sp³-hybridized carbons (Fsp3) is 0.200. The SMILES string of the molecule is CCOC(=O)C1=C(C)N(c2ccc(Cl)cc2)C(=O)/C1=C\c1sccc1C. The van der Waals surface area contributed by atoms with Crippen molar-refractivity contribution in [1.82, 2.24) is 0 Å². The number of hydrogen-bond donors (Lipinski definition) is 0. The van der Waals surface area contributed by atoms with Crippen LogP contribution in [0, 0.1) is 6.92 Å². The van der Waals surface area contributed by atoms with E-state index in [1.807, 2.05) is 18.4 Å². The fourth-order valence-electron chi connectivity index (χ4n) is 2.85. The van der Waals surface area contributed by atoms with Crippen molar-refractivity contribution in [2.45, 2.75) is 20.8 Å². The second kappa shape index (κ2) is 7.48. The van der Waals surface area contributed by atoms with Gasteiger partial charge in [-0.1, -0.05) is 11.6 Å². The van der Waals surface area contributed by atoms with Gasteiger partial charge in [-0.25, -0.2) is 4.79 Å². The van der Waals surface area contributed by atoms with Crippen LogP contribution in [0.2, 0.25) is 5.02 Å². The minimum Gasteiger partial charge on any atom is -0.462 e. The zero-order valence-corrected chi connectivity index (χ0v) is 16.3. The smallest absolute Gasteiger partial charge is 0.340 e. The second-order valence-corrected chi connectivity index (χ2v) is 7.21. The summed E-state index contributed by atoms with van der Waals surface area (Å²) in [6.07, 6.45) is 1.77. The number of rotatable bonds is 4. The maximum atomic E-state index is 13.1. The molecule has 1 aromatic heterocycles. The van der Waals surface area contributed by atoms with Crippen LogP contribution in [0.4, 0.5) is 5.69 Å². The predicted octanol–water partition coefficient (Wildman–Crippen LogP) is 4.98. The monoisotopic (exact) mass is 387 g/mol. The third kappa shape index (κ3) is 3.32. The van der Waals surface area contributed by atoms with E-state index in [1.165, 1.54) is 16.2 Å². The first-order valence-electron chi connectivity index (χ1n) is 8.18. The average molecular weight is 388 g/mol. The highest BCUT2D eigenvalue weighted by Gasteiger charge is 2.38. The first-order valence-corrected chi connectivity index (χ1v) is 9.44. The molecule has 0 atom stereocenters. The van der Waals surface area contributed by atoms with E-state index in [0.29, 0.717) is 27.6 Å². The molecule has 0 bridgehead atoms. The third-order valence-electron chi connectivity index (χ3n) is 4.14. The zero-order valence-electron chi connectivity index (χ0n) is 14.7. The highest BCUT2D eigenvalue weighted by molar-refractivity contribution is 7.11. The highest BCUT2D eigenvalue weighted by Crippen LogP contribution is 2.36. The Kier molecular flexibility index (Phi) is 5.30. The maximum Gasteiger partial charge on any atom is 0.340 e. The van der Waals surface area contributed by atoms with Crippen LogP contribution < -0.4 is 4.90 Å². The third-order valence-corrected chi connectivity index (χ3v) is 5.36. The van der Waals surface area contributed by atoms with Crippen LogP contribution in [-0.2, 0) is 14.3 Å². The van der Waals surface area contributed by atoms with Gasteiger partial charge in [-0.15, -0.1) is 11.3 Å². The maximum absolute atomic E-state index is 13.1.